The summed E-state index contributed by atoms with van der Waals surface area (Å²) in [7, 11) is 0. The molecule has 6 fully saturated rings. The van der Waals surface area contributed by atoms with Crippen LogP contribution in [0, 0.1) is 52.8 Å². The summed E-state index contributed by atoms with van der Waals surface area (Å²) < 4.78 is 13.9. The molecule has 6 aliphatic rings. The van der Waals surface area contributed by atoms with Crippen LogP contribution in [0.15, 0.2) is 18.7 Å². The number of imidazole rings is 1. The van der Waals surface area contributed by atoms with Crippen molar-refractivity contribution in [3.05, 3.63) is 18.7 Å². The van der Waals surface area contributed by atoms with Gasteiger partial charge in [-0.2, -0.15) is 0 Å². The Kier molecular flexibility index (Phi) is 16.5. The standard InChI is InChI=1S/C46H79N3O4/c1-3-5-7-15-22-36(23-16-8-6-4-2)26-33-52-37(50)24-17-11-9-13-19-28-48(30-21-31-49-32-27-47-35-49)29-20-14-10-12-18-25-38(51)53-34-46-43-40-39-41(43)45(46)42(39)44(40)46/h27,32,35-36,38-45,51H,3-26,28-31,33-34H2,1-2H3. The minimum absolute atomic E-state index is 0.0117. The molecule has 1 aromatic rings. The van der Waals surface area contributed by atoms with Crippen molar-refractivity contribution in [2.24, 2.45) is 52.8 Å². The number of carbonyl (C=O) groups is 1. The van der Waals surface area contributed by atoms with E-state index in [9.17, 15) is 9.90 Å². The van der Waals surface area contributed by atoms with Crippen molar-refractivity contribution in [1.82, 2.24) is 14.5 Å². The van der Waals surface area contributed by atoms with Gasteiger partial charge in [-0.05, 0) is 112 Å². The molecule has 1 unspecified atom stereocenters. The molecule has 1 atom stereocenters. The molecule has 0 aliphatic heterocycles. The fourth-order valence-corrected chi connectivity index (χ4v) is 12.4. The Hall–Kier alpha value is -1.44. The Morgan fingerprint density at radius 1 is 0.717 bits per heavy atom. The van der Waals surface area contributed by atoms with Gasteiger partial charge in [0.15, 0.2) is 6.29 Å². The van der Waals surface area contributed by atoms with E-state index in [0.29, 0.717) is 18.4 Å². The average molecular weight is 738 g/mol. The molecule has 0 aromatic carbocycles. The lowest BCUT2D eigenvalue weighted by atomic mass is 8.97. The maximum atomic E-state index is 12.5. The topological polar surface area (TPSA) is 76.8 Å². The number of aromatic nitrogens is 2. The third-order valence-corrected chi connectivity index (χ3v) is 15.2. The van der Waals surface area contributed by atoms with E-state index in [1.54, 1.807) is 0 Å². The second-order valence-electron chi connectivity index (χ2n) is 18.4. The lowest BCUT2D eigenvalue weighted by molar-refractivity contribution is -0.619. The van der Waals surface area contributed by atoms with Crippen LogP contribution in [0.1, 0.15) is 168 Å². The largest absolute Gasteiger partial charge is 0.466 e. The van der Waals surface area contributed by atoms with Crippen LogP contribution in [-0.2, 0) is 20.8 Å². The lowest BCUT2D eigenvalue weighted by Crippen LogP contribution is -3.06. The third-order valence-electron chi connectivity index (χ3n) is 15.2. The van der Waals surface area contributed by atoms with Crippen molar-refractivity contribution < 1.29 is 19.4 Å². The predicted molar refractivity (Wildman–Crippen MR) is 214 cm³/mol. The molecule has 0 radical (unpaired) electrons. The summed E-state index contributed by atoms with van der Waals surface area (Å²) in [4.78, 5) is 19.3. The van der Waals surface area contributed by atoms with Crippen molar-refractivity contribution in [3.8, 4) is 0 Å². The summed E-state index contributed by atoms with van der Waals surface area (Å²) in [5.74, 6) is 8.20. The zero-order valence-corrected chi connectivity index (χ0v) is 34.2. The van der Waals surface area contributed by atoms with E-state index < -0.39 is 6.29 Å². The van der Waals surface area contributed by atoms with Gasteiger partial charge in [0.2, 0.25) is 0 Å². The second-order valence-corrected chi connectivity index (χ2v) is 18.4. The number of esters is 1. The predicted octanol–water partition coefficient (Wildman–Crippen LogP) is 10.4. The molecule has 1 heterocycles. The van der Waals surface area contributed by atoms with Gasteiger partial charge in [-0.1, -0.05) is 117 Å². The van der Waals surface area contributed by atoms with Crippen LogP contribution >= 0.6 is 0 Å². The molecule has 0 amide bonds. The van der Waals surface area contributed by atoms with Gasteiger partial charge in [-0.25, -0.2) is 4.98 Å². The molecular weight excluding hydrogens is 659 g/mol. The zero-order valence-electron chi connectivity index (χ0n) is 34.2. The molecule has 1 aromatic heterocycles. The number of aliphatic hydroxyl groups is 1. The molecule has 6 aliphatic carbocycles. The number of aliphatic hydroxyl groups excluding tert-OH is 1. The summed E-state index contributed by atoms with van der Waals surface area (Å²) in [6.45, 7) is 10.5. The first kappa shape index (κ1) is 41.2. The number of rotatable bonds is 36. The van der Waals surface area contributed by atoms with Gasteiger partial charge in [0.1, 0.15) is 0 Å². The number of ether oxygens (including phenoxy) is 2. The van der Waals surface area contributed by atoms with Crippen LogP contribution in [0.4, 0.5) is 0 Å². The van der Waals surface area contributed by atoms with Crippen molar-refractivity contribution >= 4 is 5.97 Å². The van der Waals surface area contributed by atoms with Crippen LogP contribution in [-0.4, -0.2) is 64.7 Å². The van der Waals surface area contributed by atoms with Gasteiger partial charge in [-0.15, -0.1) is 0 Å². The second kappa shape index (κ2) is 21.2. The van der Waals surface area contributed by atoms with E-state index in [0.717, 1.165) is 106 Å². The fraction of sp³-hybridized carbons (Fsp3) is 0.913. The highest BCUT2D eigenvalue weighted by Crippen LogP contribution is 3.05. The van der Waals surface area contributed by atoms with Gasteiger partial charge >= 0.3 is 5.97 Å². The molecule has 0 saturated heterocycles. The number of unbranched alkanes of at least 4 members (excludes halogenated alkanes) is 14. The van der Waals surface area contributed by atoms with E-state index in [4.69, 9.17) is 9.47 Å². The first-order valence-corrected chi connectivity index (χ1v) is 23.2. The van der Waals surface area contributed by atoms with Gasteiger partial charge < -0.3 is 24.0 Å². The first-order chi connectivity index (χ1) is 26.1. The van der Waals surface area contributed by atoms with Crippen LogP contribution < -0.4 is 0 Å². The van der Waals surface area contributed by atoms with Crippen molar-refractivity contribution in [2.75, 3.05) is 32.8 Å². The zero-order chi connectivity index (χ0) is 36.9. The van der Waals surface area contributed by atoms with Gasteiger partial charge in [0, 0.05) is 30.8 Å². The Morgan fingerprint density at radius 2 is 1.28 bits per heavy atom. The fourth-order valence-electron chi connectivity index (χ4n) is 12.4. The number of carbonyl (C=O) groups excluding carboxylic acids is 1. The normalized spacial score (nSPS) is 28.6. The maximum Gasteiger partial charge on any atom is 0.305 e. The van der Waals surface area contributed by atoms with E-state index in [1.807, 2.05) is 12.5 Å². The van der Waals surface area contributed by atoms with Gasteiger partial charge in [-0.3, -0.25) is 4.79 Å². The summed E-state index contributed by atoms with van der Waals surface area (Å²) >= 11 is 0. The first-order valence-electron chi connectivity index (χ1n) is 23.2. The van der Waals surface area contributed by atoms with Crippen LogP contribution in [0.3, 0.4) is 0 Å². The van der Waals surface area contributed by atoms with Gasteiger partial charge in [0.25, 0.3) is 0 Å². The highest BCUT2D eigenvalue weighted by Gasteiger charge is 3.04. The molecule has 302 valence electrons. The van der Waals surface area contributed by atoms with Crippen LogP contribution in [0.25, 0.3) is 0 Å². The Balaban J connectivity index is 0.752. The minimum Gasteiger partial charge on any atom is -0.466 e. The lowest BCUT2D eigenvalue weighted by Gasteiger charge is -3.07. The molecule has 0 spiro atoms. The highest BCUT2D eigenvalue weighted by atomic mass is 16.6. The molecule has 7 heteroatoms. The highest BCUT2D eigenvalue weighted by molar-refractivity contribution is 5.69. The van der Waals surface area contributed by atoms with E-state index in [1.165, 1.54) is 122 Å². The van der Waals surface area contributed by atoms with Crippen molar-refractivity contribution in [3.63, 3.8) is 0 Å². The molecule has 53 heavy (non-hydrogen) atoms. The molecule has 1 N–H and O–H groups in total. The van der Waals surface area contributed by atoms with Crippen molar-refractivity contribution in [2.45, 2.75) is 181 Å². The summed E-state index contributed by atoms with van der Waals surface area (Å²) in [6.07, 6.45) is 33.9. The number of nitrogens with zero attached hydrogens (tertiary/aromatic N) is 3. The van der Waals surface area contributed by atoms with E-state index in [-0.39, 0.29) is 5.97 Å². The smallest absolute Gasteiger partial charge is 0.305 e. The van der Waals surface area contributed by atoms with Crippen LogP contribution in [0.2, 0.25) is 0 Å². The summed E-state index contributed by atoms with van der Waals surface area (Å²) in [5.41, 5.74) is 0.556. The van der Waals surface area contributed by atoms with E-state index >= 15 is 0 Å². The molecular formula is C46H79N3O4. The van der Waals surface area contributed by atoms with Gasteiger partial charge in [0.05, 0.1) is 19.5 Å². The Bertz CT molecular complexity index is 1110. The van der Waals surface area contributed by atoms with Crippen molar-refractivity contribution in [1.29, 1.82) is 0 Å². The number of hydrogen-bond acceptors (Lipinski definition) is 6. The van der Waals surface area contributed by atoms with Crippen LogP contribution in [0.5, 0.6) is 0 Å². The monoisotopic (exact) mass is 738 g/mol. The molecule has 7 nitrogen and oxygen atoms in total. The summed E-state index contributed by atoms with van der Waals surface area (Å²) in [5, 5.41) is 10.5. The molecule has 7 rings (SSSR count). The minimum atomic E-state index is -0.548. The number of aryl methyl sites for hydroxylation is 1. The van der Waals surface area contributed by atoms with E-state index in [2.05, 4.69) is 34.5 Å². The molecule has 0 bridgehead atoms. The maximum absolute atomic E-state index is 12.5. The molecule has 6 saturated carbocycles. The average Bonchev–Trinajstić information content (AvgIpc) is 3.69. The quantitative estimate of drug-likeness (QED) is 0.0420. The third kappa shape index (κ3) is 9.93. The Morgan fingerprint density at radius 3 is 1.91 bits per heavy atom. The Labute approximate surface area is 324 Å². The SMILES string of the molecule is CCCCCCC(CCCCCC)CCOC(=O)CCCCCCCN(CCCCCCCC(O)OCC12C3C4C5C3C1C5C42)CCCn1ccnc1. The number of hydrogen-bond donors (Lipinski definition) is 1. The summed E-state index contributed by atoms with van der Waals surface area (Å²) in [6, 6.07) is 0.